The van der Waals surface area contributed by atoms with Crippen LogP contribution in [-0.2, 0) is 0 Å². The van der Waals surface area contributed by atoms with Crippen LogP contribution in [0.3, 0.4) is 0 Å². The summed E-state index contributed by atoms with van der Waals surface area (Å²) in [5, 5.41) is 18.9. The molecule has 0 radical (unpaired) electrons. The predicted molar refractivity (Wildman–Crippen MR) is 76.4 cm³/mol. The molecule has 0 aliphatic rings. The molecule has 0 saturated heterocycles. The molecule has 2 aromatic rings. The molecule has 2 N–H and O–H groups in total. The van der Waals surface area contributed by atoms with E-state index in [9.17, 15) is 10.2 Å². The molecule has 0 amide bonds. The minimum atomic E-state index is -0.187. The maximum Gasteiger partial charge on any atom is 0.123 e. The van der Waals surface area contributed by atoms with E-state index in [-0.39, 0.29) is 18.3 Å². The van der Waals surface area contributed by atoms with E-state index in [1.54, 1.807) is 31.4 Å². The summed E-state index contributed by atoms with van der Waals surface area (Å²) < 4.78 is 10.8. The lowest BCUT2D eigenvalue weighted by Crippen LogP contribution is -2.14. The van der Waals surface area contributed by atoms with Crippen LogP contribution < -0.4 is 9.47 Å². The summed E-state index contributed by atoms with van der Waals surface area (Å²) in [6, 6.07) is 14.1. The fraction of sp³-hybridized carbons (Fsp3) is 0.250. The van der Waals surface area contributed by atoms with Crippen LogP contribution in [0.1, 0.15) is 11.5 Å². The van der Waals surface area contributed by atoms with Crippen LogP contribution in [0.5, 0.6) is 17.2 Å². The molecule has 4 nitrogen and oxygen atoms in total. The van der Waals surface area contributed by atoms with Crippen LogP contribution in [0.4, 0.5) is 0 Å². The molecule has 0 spiro atoms. The zero-order valence-electron chi connectivity index (χ0n) is 11.3. The van der Waals surface area contributed by atoms with E-state index in [0.717, 1.165) is 11.3 Å². The normalized spacial score (nSPS) is 11.9. The van der Waals surface area contributed by atoms with Gasteiger partial charge in [0.2, 0.25) is 0 Å². The van der Waals surface area contributed by atoms with Crippen molar-refractivity contribution in [3.05, 3.63) is 54.1 Å². The number of aliphatic hydroxyl groups excluding tert-OH is 1. The Morgan fingerprint density at radius 1 is 1.05 bits per heavy atom. The predicted octanol–water partition coefficient (Wildman–Crippen LogP) is 2.56. The lowest BCUT2D eigenvalue weighted by atomic mass is 10.0. The van der Waals surface area contributed by atoms with E-state index in [2.05, 4.69) is 0 Å². The zero-order chi connectivity index (χ0) is 14.4. The summed E-state index contributed by atoms with van der Waals surface area (Å²) >= 11 is 0. The average Bonchev–Trinajstić information content (AvgIpc) is 2.48. The van der Waals surface area contributed by atoms with Gasteiger partial charge in [-0.2, -0.15) is 0 Å². The van der Waals surface area contributed by atoms with Gasteiger partial charge in [0.1, 0.15) is 17.2 Å². The quantitative estimate of drug-likeness (QED) is 0.850. The van der Waals surface area contributed by atoms with Crippen molar-refractivity contribution in [1.29, 1.82) is 0 Å². The first-order chi connectivity index (χ1) is 9.72. The summed E-state index contributed by atoms with van der Waals surface area (Å²) in [6.07, 6.45) is 0. The zero-order valence-corrected chi connectivity index (χ0v) is 11.3. The van der Waals surface area contributed by atoms with Gasteiger partial charge >= 0.3 is 0 Å². The van der Waals surface area contributed by atoms with Crippen molar-refractivity contribution in [2.45, 2.75) is 5.92 Å². The number of hydrogen-bond donors (Lipinski definition) is 2. The molecule has 0 aliphatic carbocycles. The molecule has 1 atom stereocenters. The minimum absolute atomic E-state index is 0.0482. The summed E-state index contributed by atoms with van der Waals surface area (Å²) in [6.45, 7) is 0.278. The maximum atomic E-state index is 9.47. The number of aromatic hydroxyl groups is 1. The van der Waals surface area contributed by atoms with E-state index < -0.39 is 0 Å². The van der Waals surface area contributed by atoms with Crippen molar-refractivity contribution < 1.29 is 19.7 Å². The van der Waals surface area contributed by atoms with Crippen molar-refractivity contribution in [1.82, 2.24) is 0 Å². The molecule has 2 rings (SSSR count). The van der Waals surface area contributed by atoms with Gasteiger partial charge in [0.05, 0.1) is 20.3 Å². The number of aliphatic hydroxyl groups is 1. The van der Waals surface area contributed by atoms with Gasteiger partial charge < -0.3 is 19.7 Å². The molecule has 0 bridgehead atoms. The molecule has 1 unspecified atom stereocenters. The Labute approximate surface area is 118 Å². The molecule has 0 aromatic heterocycles. The van der Waals surface area contributed by atoms with Gasteiger partial charge in [-0.3, -0.25) is 0 Å². The van der Waals surface area contributed by atoms with Gasteiger partial charge in [0.15, 0.2) is 0 Å². The van der Waals surface area contributed by atoms with Crippen LogP contribution in [0.2, 0.25) is 0 Å². The first kappa shape index (κ1) is 14.2. The van der Waals surface area contributed by atoms with Crippen LogP contribution >= 0.6 is 0 Å². The van der Waals surface area contributed by atoms with Gasteiger partial charge in [0.25, 0.3) is 0 Å². The minimum Gasteiger partial charge on any atom is -0.508 e. The SMILES string of the molecule is COc1cccc(OCC(CO)c2cccc(O)c2)c1. The Morgan fingerprint density at radius 2 is 1.80 bits per heavy atom. The Balaban J connectivity index is 2.03. The summed E-state index contributed by atoms with van der Waals surface area (Å²) in [5.41, 5.74) is 0.843. The number of hydrogen-bond acceptors (Lipinski definition) is 4. The second kappa shape index (κ2) is 6.82. The van der Waals surface area contributed by atoms with Crippen molar-refractivity contribution in [2.24, 2.45) is 0 Å². The van der Waals surface area contributed by atoms with Crippen molar-refractivity contribution in [3.63, 3.8) is 0 Å². The molecule has 4 heteroatoms. The maximum absolute atomic E-state index is 9.47. The Morgan fingerprint density at radius 3 is 2.50 bits per heavy atom. The van der Waals surface area contributed by atoms with E-state index in [0.29, 0.717) is 12.4 Å². The van der Waals surface area contributed by atoms with Gasteiger partial charge in [-0.25, -0.2) is 0 Å². The Bertz CT molecular complexity index is 554. The standard InChI is InChI=1S/C16H18O4/c1-19-15-6-3-7-16(9-15)20-11-13(10-17)12-4-2-5-14(18)8-12/h2-9,13,17-18H,10-11H2,1H3. The third-order valence-electron chi connectivity index (χ3n) is 3.05. The smallest absolute Gasteiger partial charge is 0.123 e. The van der Waals surface area contributed by atoms with Crippen molar-refractivity contribution in [2.75, 3.05) is 20.3 Å². The Kier molecular flexibility index (Phi) is 4.85. The molecular formula is C16H18O4. The Hall–Kier alpha value is -2.20. The lowest BCUT2D eigenvalue weighted by Gasteiger charge is -2.16. The third-order valence-corrected chi connectivity index (χ3v) is 3.05. The molecule has 0 aliphatic heterocycles. The average molecular weight is 274 g/mol. The second-order valence-electron chi connectivity index (χ2n) is 4.46. The van der Waals surface area contributed by atoms with Gasteiger partial charge in [-0.05, 0) is 29.8 Å². The van der Waals surface area contributed by atoms with Crippen LogP contribution in [0.15, 0.2) is 48.5 Å². The van der Waals surface area contributed by atoms with Gasteiger partial charge in [0, 0.05) is 12.0 Å². The third kappa shape index (κ3) is 3.65. The number of phenolic OH excluding ortho intramolecular Hbond substituents is 1. The molecular weight excluding hydrogens is 256 g/mol. The van der Waals surface area contributed by atoms with Gasteiger partial charge in [-0.1, -0.05) is 18.2 Å². The van der Waals surface area contributed by atoms with E-state index in [4.69, 9.17) is 9.47 Å². The van der Waals surface area contributed by atoms with E-state index in [1.165, 1.54) is 0 Å². The number of methoxy groups -OCH3 is 1. The van der Waals surface area contributed by atoms with Crippen LogP contribution in [-0.4, -0.2) is 30.5 Å². The van der Waals surface area contributed by atoms with Crippen LogP contribution in [0, 0.1) is 0 Å². The highest BCUT2D eigenvalue weighted by atomic mass is 16.5. The van der Waals surface area contributed by atoms with Crippen molar-refractivity contribution in [3.8, 4) is 17.2 Å². The topological polar surface area (TPSA) is 58.9 Å². The summed E-state index contributed by atoms with van der Waals surface area (Å²) in [7, 11) is 1.60. The molecule has 20 heavy (non-hydrogen) atoms. The molecule has 0 heterocycles. The van der Waals surface area contributed by atoms with Gasteiger partial charge in [-0.15, -0.1) is 0 Å². The monoisotopic (exact) mass is 274 g/mol. The highest BCUT2D eigenvalue weighted by Gasteiger charge is 2.12. The number of rotatable bonds is 6. The highest BCUT2D eigenvalue weighted by Crippen LogP contribution is 2.23. The lowest BCUT2D eigenvalue weighted by molar-refractivity contribution is 0.204. The second-order valence-corrected chi connectivity index (χ2v) is 4.46. The van der Waals surface area contributed by atoms with E-state index >= 15 is 0 Å². The van der Waals surface area contributed by atoms with Crippen molar-refractivity contribution >= 4 is 0 Å². The summed E-state index contributed by atoms with van der Waals surface area (Å²) in [5.74, 6) is 1.40. The number of benzene rings is 2. The first-order valence-electron chi connectivity index (χ1n) is 6.39. The molecule has 106 valence electrons. The number of ether oxygens (including phenoxy) is 2. The molecule has 0 fully saturated rings. The number of phenols is 1. The van der Waals surface area contributed by atoms with E-state index in [1.807, 2.05) is 24.3 Å². The highest BCUT2D eigenvalue weighted by molar-refractivity contribution is 5.33. The fourth-order valence-corrected chi connectivity index (χ4v) is 1.92. The molecule has 2 aromatic carbocycles. The fourth-order valence-electron chi connectivity index (χ4n) is 1.92. The molecule has 0 saturated carbocycles. The first-order valence-corrected chi connectivity index (χ1v) is 6.39. The van der Waals surface area contributed by atoms with Crippen LogP contribution in [0.25, 0.3) is 0 Å². The largest absolute Gasteiger partial charge is 0.508 e. The summed E-state index contributed by atoms with van der Waals surface area (Å²) in [4.78, 5) is 0.